The zero-order chi connectivity index (χ0) is 22.5. The zero-order valence-corrected chi connectivity index (χ0v) is 22.0. The van der Waals surface area contributed by atoms with Crippen molar-refractivity contribution < 1.29 is 0 Å². The first-order valence-corrected chi connectivity index (χ1v) is 14.4. The Balaban J connectivity index is 1.38. The topological polar surface area (TPSA) is 0 Å². The van der Waals surface area contributed by atoms with E-state index in [0.29, 0.717) is 0 Å². The molecule has 2 saturated carbocycles. The molecule has 0 saturated heterocycles. The average molecular weight is 429 g/mol. The van der Waals surface area contributed by atoms with Crippen LogP contribution in [0.15, 0.2) is 17.9 Å². The number of rotatable bonds is 19. The van der Waals surface area contributed by atoms with Crippen LogP contribution in [0.1, 0.15) is 137 Å². The summed E-state index contributed by atoms with van der Waals surface area (Å²) in [5.41, 5.74) is 3.33. The van der Waals surface area contributed by atoms with E-state index in [2.05, 4.69) is 52.5 Å². The molecule has 0 spiro atoms. The average Bonchev–Trinajstić information content (AvgIpc) is 3.67. The Kier molecular flexibility index (Phi) is 13.3. The molecular weight excluding hydrogens is 372 g/mol. The number of hydrogen-bond acceptors (Lipinski definition) is 0. The number of allylic oxidation sites excluding steroid dienone is 1. The number of unbranched alkanes of at least 4 members (excludes halogenated alkanes) is 4. The molecule has 0 aromatic carbocycles. The fourth-order valence-electron chi connectivity index (χ4n) is 5.87. The molecule has 2 aliphatic rings. The first kappa shape index (κ1) is 26.8. The molecule has 2 fully saturated rings. The molecule has 0 amide bonds. The monoisotopic (exact) mass is 428 g/mol. The van der Waals surface area contributed by atoms with E-state index in [1.54, 1.807) is 6.42 Å². The molecule has 0 aromatic rings. The Morgan fingerprint density at radius 1 is 0.742 bits per heavy atom. The van der Waals surface area contributed by atoms with Gasteiger partial charge in [-0.15, -0.1) is 5.73 Å². The van der Waals surface area contributed by atoms with Gasteiger partial charge in [-0.3, -0.25) is 0 Å². The molecule has 31 heavy (non-hydrogen) atoms. The van der Waals surface area contributed by atoms with E-state index in [0.717, 1.165) is 41.4 Å². The summed E-state index contributed by atoms with van der Waals surface area (Å²) in [7, 11) is 0. The second-order valence-electron chi connectivity index (χ2n) is 11.8. The van der Waals surface area contributed by atoms with E-state index < -0.39 is 0 Å². The van der Waals surface area contributed by atoms with Crippen LogP contribution in [-0.2, 0) is 0 Å². The maximum Gasteiger partial charge on any atom is -0.0274 e. The Labute approximate surface area is 196 Å². The van der Waals surface area contributed by atoms with Crippen molar-refractivity contribution in [2.45, 2.75) is 137 Å². The maximum atomic E-state index is 3.33. The van der Waals surface area contributed by atoms with Crippen molar-refractivity contribution in [2.75, 3.05) is 0 Å². The quantitative estimate of drug-likeness (QED) is 0.142. The van der Waals surface area contributed by atoms with Crippen molar-refractivity contribution in [3.63, 3.8) is 0 Å². The largest absolute Gasteiger partial charge is 0.130 e. The Morgan fingerprint density at radius 3 is 2.29 bits per heavy atom. The van der Waals surface area contributed by atoms with Gasteiger partial charge in [0.1, 0.15) is 0 Å². The molecule has 0 heteroatoms. The van der Waals surface area contributed by atoms with Gasteiger partial charge >= 0.3 is 0 Å². The zero-order valence-electron chi connectivity index (χ0n) is 22.0. The first-order valence-electron chi connectivity index (χ1n) is 14.4. The van der Waals surface area contributed by atoms with Gasteiger partial charge in [-0.1, -0.05) is 92.4 Å². The molecule has 7 atom stereocenters. The van der Waals surface area contributed by atoms with Crippen molar-refractivity contribution in [3.8, 4) is 0 Å². The molecule has 0 heterocycles. The lowest BCUT2D eigenvalue weighted by Crippen LogP contribution is -2.00. The van der Waals surface area contributed by atoms with E-state index in [-0.39, 0.29) is 0 Å². The van der Waals surface area contributed by atoms with Crippen LogP contribution in [0.2, 0.25) is 0 Å². The molecule has 7 unspecified atom stereocenters. The third-order valence-electron chi connectivity index (χ3n) is 8.64. The van der Waals surface area contributed by atoms with E-state index >= 15 is 0 Å². The maximum absolute atomic E-state index is 3.33. The van der Waals surface area contributed by atoms with Gasteiger partial charge in [0.25, 0.3) is 0 Å². The lowest BCUT2D eigenvalue weighted by atomic mass is 9.94. The first-order chi connectivity index (χ1) is 15.0. The SMILES string of the molecule is CCCC=C=CCCCC(C)CC1CC1CCCCCC(C)CCC1CC1C(C)CC. The van der Waals surface area contributed by atoms with Crippen LogP contribution in [0.4, 0.5) is 0 Å². The minimum absolute atomic E-state index is 0.926. The van der Waals surface area contributed by atoms with Crippen LogP contribution in [0, 0.1) is 41.4 Å². The summed E-state index contributed by atoms with van der Waals surface area (Å²) in [6.45, 7) is 12.0. The highest BCUT2D eigenvalue weighted by molar-refractivity contribution is 4.90. The molecule has 2 aliphatic carbocycles. The third-order valence-corrected chi connectivity index (χ3v) is 8.64. The van der Waals surface area contributed by atoms with Gasteiger partial charge in [-0.05, 0) is 98.5 Å². The lowest BCUT2D eigenvalue weighted by Gasteiger charge is -2.12. The minimum Gasteiger partial charge on any atom is -0.130 e. The standard InChI is InChI=1S/C31H56/c1-6-8-9-10-11-12-14-18-26(4)22-30-23-28(30)19-16-13-15-17-25(3)20-21-29-24-31(29)27(5)7-2/h9,11,25-31H,6-8,12-24H2,1-5H3. The van der Waals surface area contributed by atoms with Crippen molar-refractivity contribution in [1.82, 2.24) is 0 Å². The molecule has 0 nitrogen and oxygen atoms in total. The predicted molar refractivity (Wildman–Crippen MR) is 139 cm³/mol. The van der Waals surface area contributed by atoms with Crippen LogP contribution in [-0.4, -0.2) is 0 Å². The highest BCUT2D eigenvalue weighted by atomic mass is 14.4. The fourth-order valence-corrected chi connectivity index (χ4v) is 5.87. The van der Waals surface area contributed by atoms with Gasteiger partial charge in [0.15, 0.2) is 0 Å². The smallest absolute Gasteiger partial charge is 0.0274 e. The highest BCUT2D eigenvalue weighted by Gasteiger charge is 2.39. The van der Waals surface area contributed by atoms with Gasteiger partial charge in [0, 0.05) is 0 Å². The van der Waals surface area contributed by atoms with Crippen molar-refractivity contribution in [2.24, 2.45) is 41.4 Å². The molecule has 0 aromatic heterocycles. The van der Waals surface area contributed by atoms with Crippen molar-refractivity contribution in [3.05, 3.63) is 17.9 Å². The predicted octanol–water partition coefficient (Wildman–Crippen LogP) is 10.4. The summed E-state index contributed by atoms with van der Waals surface area (Å²) in [6, 6.07) is 0. The van der Waals surface area contributed by atoms with E-state index in [1.807, 2.05) is 0 Å². The third kappa shape index (κ3) is 11.8. The van der Waals surface area contributed by atoms with Gasteiger partial charge in [0.2, 0.25) is 0 Å². The van der Waals surface area contributed by atoms with E-state index in [1.165, 1.54) is 96.3 Å². The summed E-state index contributed by atoms with van der Waals surface area (Å²) < 4.78 is 0. The van der Waals surface area contributed by atoms with Crippen molar-refractivity contribution in [1.29, 1.82) is 0 Å². The summed E-state index contributed by atoms with van der Waals surface area (Å²) in [5.74, 6) is 7.20. The van der Waals surface area contributed by atoms with Gasteiger partial charge in [-0.25, -0.2) is 0 Å². The van der Waals surface area contributed by atoms with Crippen LogP contribution in [0.5, 0.6) is 0 Å². The molecule has 0 radical (unpaired) electrons. The highest BCUT2D eigenvalue weighted by Crippen LogP contribution is 2.49. The van der Waals surface area contributed by atoms with E-state index in [4.69, 9.17) is 0 Å². The molecule has 0 aliphatic heterocycles. The summed E-state index contributed by atoms with van der Waals surface area (Å²) >= 11 is 0. The Morgan fingerprint density at radius 2 is 1.52 bits per heavy atom. The lowest BCUT2D eigenvalue weighted by molar-refractivity contribution is 0.398. The van der Waals surface area contributed by atoms with Crippen LogP contribution >= 0.6 is 0 Å². The van der Waals surface area contributed by atoms with Gasteiger partial charge in [0.05, 0.1) is 0 Å². The van der Waals surface area contributed by atoms with Gasteiger partial charge < -0.3 is 0 Å². The summed E-state index contributed by atoms with van der Waals surface area (Å²) in [5, 5.41) is 0. The second-order valence-corrected chi connectivity index (χ2v) is 11.8. The molecule has 0 N–H and O–H groups in total. The molecule has 2 rings (SSSR count). The molecule has 0 bridgehead atoms. The molecule has 180 valence electrons. The van der Waals surface area contributed by atoms with Crippen LogP contribution in [0.25, 0.3) is 0 Å². The van der Waals surface area contributed by atoms with Crippen LogP contribution < -0.4 is 0 Å². The van der Waals surface area contributed by atoms with E-state index in [9.17, 15) is 0 Å². The Bertz CT molecular complexity index is 510. The normalized spacial score (nSPS) is 27.3. The Hall–Kier alpha value is -0.480. The van der Waals surface area contributed by atoms with Crippen molar-refractivity contribution >= 4 is 0 Å². The fraction of sp³-hybridized carbons (Fsp3) is 0.903. The molecular formula is C31H56. The van der Waals surface area contributed by atoms with Crippen LogP contribution in [0.3, 0.4) is 0 Å². The van der Waals surface area contributed by atoms with Gasteiger partial charge in [-0.2, -0.15) is 0 Å². The minimum atomic E-state index is 0.926. The second kappa shape index (κ2) is 15.4. The summed E-state index contributed by atoms with van der Waals surface area (Å²) in [6.07, 6.45) is 27.3. The number of hydrogen-bond donors (Lipinski definition) is 0. The summed E-state index contributed by atoms with van der Waals surface area (Å²) in [4.78, 5) is 0.